The quantitative estimate of drug-likeness (QED) is 0.881. The average molecular weight is 315 g/mol. The van der Waals surface area contributed by atoms with Crippen LogP contribution in [0.1, 0.15) is 36.0 Å². The van der Waals surface area contributed by atoms with E-state index >= 15 is 0 Å². The van der Waals surface area contributed by atoms with Gasteiger partial charge in [0.05, 0.1) is 0 Å². The first-order chi connectivity index (χ1) is 8.56. The zero-order valence-electron chi connectivity index (χ0n) is 9.96. The van der Waals surface area contributed by atoms with Crippen LogP contribution in [0.4, 0.5) is 4.39 Å². The molecule has 2 rings (SSSR count). The van der Waals surface area contributed by atoms with Gasteiger partial charge in [-0.25, -0.2) is 4.39 Å². The Kier molecular flexibility index (Phi) is 4.35. The number of carbonyl (C=O) groups is 1. The summed E-state index contributed by atoms with van der Waals surface area (Å²) in [6.07, 6.45) is 4.01. The number of nitrogens with two attached hydrogens (primary N) is 1. The number of benzene rings is 1. The first-order valence-electron chi connectivity index (χ1n) is 6.09. The fourth-order valence-corrected chi connectivity index (χ4v) is 2.74. The van der Waals surface area contributed by atoms with Gasteiger partial charge in [-0.3, -0.25) is 4.79 Å². The number of halogens is 2. The molecule has 0 aliphatic heterocycles. The van der Waals surface area contributed by atoms with Gasteiger partial charge in [-0.2, -0.15) is 0 Å². The Morgan fingerprint density at radius 2 is 2.06 bits per heavy atom. The molecule has 1 saturated carbocycles. The van der Waals surface area contributed by atoms with E-state index in [2.05, 4.69) is 21.2 Å². The van der Waals surface area contributed by atoms with Gasteiger partial charge in [0.1, 0.15) is 5.82 Å². The lowest BCUT2D eigenvalue weighted by atomic mass is 9.91. The maximum Gasteiger partial charge on any atom is 0.251 e. The van der Waals surface area contributed by atoms with Gasteiger partial charge in [-0.15, -0.1) is 0 Å². The molecule has 98 valence electrons. The summed E-state index contributed by atoms with van der Waals surface area (Å²) in [4.78, 5) is 12.0. The first kappa shape index (κ1) is 13.5. The molecule has 0 spiro atoms. The molecule has 1 aliphatic carbocycles. The van der Waals surface area contributed by atoms with Gasteiger partial charge >= 0.3 is 0 Å². The van der Waals surface area contributed by atoms with Crippen molar-refractivity contribution in [3.8, 4) is 0 Å². The van der Waals surface area contributed by atoms with E-state index in [0.717, 1.165) is 25.7 Å². The largest absolute Gasteiger partial charge is 0.348 e. The normalized spacial score (nSPS) is 23.7. The van der Waals surface area contributed by atoms with Crippen LogP contribution in [0.2, 0.25) is 0 Å². The summed E-state index contributed by atoms with van der Waals surface area (Å²) in [6.45, 7) is 0. The molecule has 1 aliphatic rings. The molecular weight excluding hydrogens is 299 g/mol. The Labute approximate surface area is 114 Å². The third-order valence-electron chi connectivity index (χ3n) is 3.26. The summed E-state index contributed by atoms with van der Waals surface area (Å²) in [5.41, 5.74) is 6.29. The molecular formula is C13H16BrFN2O. The van der Waals surface area contributed by atoms with Gasteiger partial charge in [0.25, 0.3) is 5.91 Å². The lowest BCUT2D eigenvalue weighted by Crippen LogP contribution is -2.49. The second-order valence-corrected chi connectivity index (χ2v) is 5.60. The molecule has 0 bridgehead atoms. The predicted molar refractivity (Wildman–Crippen MR) is 71.8 cm³/mol. The summed E-state index contributed by atoms with van der Waals surface area (Å²) in [5.74, 6) is -0.694. The van der Waals surface area contributed by atoms with Crippen LogP contribution in [0.3, 0.4) is 0 Å². The Morgan fingerprint density at radius 1 is 1.33 bits per heavy atom. The van der Waals surface area contributed by atoms with E-state index in [0.29, 0.717) is 10.0 Å². The molecule has 0 aromatic heterocycles. The fraction of sp³-hybridized carbons (Fsp3) is 0.462. The molecule has 3 N–H and O–H groups in total. The first-order valence-corrected chi connectivity index (χ1v) is 6.88. The van der Waals surface area contributed by atoms with E-state index in [1.807, 2.05) is 0 Å². The number of rotatable bonds is 2. The Bertz CT molecular complexity index is 432. The van der Waals surface area contributed by atoms with E-state index in [-0.39, 0.29) is 18.0 Å². The standard InChI is InChI=1S/C13H16BrFN2O/c14-9-5-8(6-10(15)7-9)13(18)17-12-4-2-1-3-11(12)16/h5-7,11-12H,1-4,16H2,(H,17,18). The van der Waals surface area contributed by atoms with E-state index in [9.17, 15) is 9.18 Å². The van der Waals surface area contributed by atoms with Crippen molar-refractivity contribution in [2.75, 3.05) is 0 Å². The summed E-state index contributed by atoms with van der Waals surface area (Å²) in [5, 5.41) is 2.89. The van der Waals surface area contributed by atoms with Crippen LogP contribution >= 0.6 is 15.9 Å². The molecule has 1 amide bonds. The minimum Gasteiger partial charge on any atom is -0.348 e. The Morgan fingerprint density at radius 3 is 2.72 bits per heavy atom. The lowest BCUT2D eigenvalue weighted by molar-refractivity contribution is 0.0920. The monoisotopic (exact) mass is 314 g/mol. The average Bonchev–Trinajstić information content (AvgIpc) is 2.31. The highest BCUT2D eigenvalue weighted by atomic mass is 79.9. The molecule has 0 radical (unpaired) electrons. The zero-order chi connectivity index (χ0) is 13.1. The molecule has 18 heavy (non-hydrogen) atoms. The van der Waals surface area contributed by atoms with Gasteiger partial charge in [-0.1, -0.05) is 28.8 Å². The number of amides is 1. The maximum absolute atomic E-state index is 13.2. The minimum atomic E-state index is -0.428. The van der Waals surface area contributed by atoms with Gasteiger partial charge in [0, 0.05) is 22.1 Å². The van der Waals surface area contributed by atoms with Crippen molar-refractivity contribution in [3.05, 3.63) is 34.1 Å². The van der Waals surface area contributed by atoms with Crippen LogP contribution in [-0.2, 0) is 0 Å². The highest BCUT2D eigenvalue weighted by molar-refractivity contribution is 9.10. The van der Waals surface area contributed by atoms with Crippen LogP contribution in [0.15, 0.2) is 22.7 Å². The predicted octanol–water partition coefficient (Wildman–Crippen LogP) is 2.59. The topological polar surface area (TPSA) is 55.1 Å². The van der Waals surface area contributed by atoms with Crippen LogP contribution in [0.5, 0.6) is 0 Å². The van der Waals surface area contributed by atoms with Crippen LogP contribution in [0, 0.1) is 5.82 Å². The van der Waals surface area contributed by atoms with E-state index in [1.165, 1.54) is 12.1 Å². The summed E-state index contributed by atoms with van der Waals surface area (Å²) in [7, 11) is 0. The van der Waals surface area contributed by atoms with Crippen molar-refractivity contribution in [1.29, 1.82) is 0 Å². The number of carbonyl (C=O) groups excluding carboxylic acids is 1. The molecule has 1 aromatic carbocycles. The van der Waals surface area contributed by atoms with Crippen LogP contribution in [0.25, 0.3) is 0 Å². The summed E-state index contributed by atoms with van der Waals surface area (Å²) >= 11 is 3.17. The highest BCUT2D eigenvalue weighted by Gasteiger charge is 2.23. The van der Waals surface area contributed by atoms with Crippen molar-refractivity contribution in [2.45, 2.75) is 37.8 Å². The zero-order valence-corrected chi connectivity index (χ0v) is 11.5. The van der Waals surface area contributed by atoms with Gasteiger partial charge < -0.3 is 11.1 Å². The SMILES string of the molecule is NC1CCCCC1NC(=O)c1cc(F)cc(Br)c1. The molecule has 1 fully saturated rings. The molecule has 3 nitrogen and oxygen atoms in total. The lowest BCUT2D eigenvalue weighted by Gasteiger charge is -2.29. The van der Waals surface area contributed by atoms with E-state index < -0.39 is 5.82 Å². The summed E-state index contributed by atoms with van der Waals surface area (Å²) in [6, 6.07) is 4.15. The van der Waals surface area contributed by atoms with Crippen LogP contribution in [-0.4, -0.2) is 18.0 Å². The number of nitrogens with one attached hydrogen (secondary N) is 1. The van der Waals surface area contributed by atoms with E-state index in [4.69, 9.17) is 5.73 Å². The minimum absolute atomic E-state index is 0.000278. The molecule has 2 atom stereocenters. The maximum atomic E-state index is 13.2. The van der Waals surface area contributed by atoms with Crippen molar-refractivity contribution >= 4 is 21.8 Å². The highest BCUT2D eigenvalue weighted by Crippen LogP contribution is 2.19. The van der Waals surface area contributed by atoms with Gasteiger partial charge in [0.2, 0.25) is 0 Å². The fourth-order valence-electron chi connectivity index (χ4n) is 2.28. The summed E-state index contributed by atoms with van der Waals surface area (Å²) < 4.78 is 13.8. The third kappa shape index (κ3) is 3.29. The molecule has 1 aromatic rings. The van der Waals surface area contributed by atoms with Crippen molar-refractivity contribution < 1.29 is 9.18 Å². The van der Waals surface area contributed by atoms with Gasteiger partial charge in [-0.05, 0) is 31.0 Å². The van der Waals surface area contributed by atoms with Crippen molar-refractivity contribution in [2.24, 2.45) is 5.73 Å². The number of hydrogen-bond donors (Lipinski definition) is 2. The van der Waals surface area contributed by atoms with E-state index in [1.54, 1.807) is 6.07 Å². The smallest absolute Gasteiger partial charge is 0.251 e. The Hall–Kier alpha value is -0.940. The van der Waals surface area contributed by atoms with Gasteiger partial charge in [0.15, 0.2) is 0 Å². The second kappa shape index (κ2) is 5.80. The second-order valence-electron chi connectivity index (χ2n) is 4.69. The van der Waals surface area contributed by atoms with Crippen LogP contribution < -0.4 is 11.1 Å². The third-order valence-corrected chi connectivity index (χ3v) is 3.72. The molecule has 0 saturated heterocycles. The Balaban J connectivity index is 2.06. The molecule has 2 unspecified atom stereocenters. The molecule has 5 heteroatoms. The van der Waals surface area contributed by atoms with Crippen molar-refractivity contribution in [1.82, 2.24) is 5.32 Å². The molecule has 0 heterocycles. The van der Waals surface area contributed by atoms with Crippen molar-refractivity contribution in [3.63, 3.8) is 0 Å². The number of hydrogen-bond acceptors (Lipinski definition) is 2.